The Balaban J connectivity index is 2.05. The fraction of sp³-hybridized carbons (Fsp3) is 0.318. The van der Waals surface area contributed by atoms with E-state index in [0.29, 0.717) is 0 Å². The van der Waals surface area contributed by atoms with Gasteiger partial charge in [-0.25, -0.2) is 9.59 Å². The molecule has 0 fully saturated rings. The molecular formula is C22H21NO5S. The quantitative estimate of drug-likeness (QED) is 0.334. The van der Waals surface area contributed by atoms with Crippen molar-refractivity contribution in [3.63, 3.8) is 0 Å². The number of oxime groups is 1. The number of carbonyl (C=O) groups excluding carboxylic acids is 2. The van der Waals surface area contributed by atoms with Crippen LogP contribution in [0.15, 0.2) is 53.7 Å². The van der Waals surface area contributed by atoms with Crippen LogP contribution in [0.25, 0.3) is 0 Å². The molecule has 2 unspecified atom stereocenters. The molecule has 0 saturated carbocycles. The third kappa shape index (κ3) is 2.68. The van der Waals surface area contributed by atoms with Gasteiger partial charge < -0.3 is 9.57 Å². The molecule has 2 aromatic carbocycles. The average molecular weight is 411 g/mol. The maximum Gasteiger partial charge on any atom is 0.331 e. The lowest BCUT2D eigenvalue weighted by Crippen LogP contribution is -2.61. The Kier molecular flexibility index (Phi) is 4.86. The van der Waals surface area contributed by atoms with E-state index in [1.807, 2.05) is 48.5 Å². The van der Waals surface area contributed by atoms with Crippen molar-refractivity contribution < 1.29 is 23.4 Å². The van der Waals surface area contributed by atoms with Crippen LogP contribution < -0.4 is 0 Å². The summed E-state index contributed by atoms with van der Waals surface area (Å²) in [5, 5.41) is 3.41. The molecule has 2 atom stereocenters. The highest BCUT2D eigenvalue weighted by molar-refractivity contribution is 7.89. The molecule has 5 rings (SSSR count). The number of carbonyl (C=O) groups is 2. The Bertz CT molecular complexity index is 1020. The second-order valence-electron chi connectivity index (χ2n) is 7.08. The summed E-state index contributed by atoms with van der Waals surface area (Å²) in [6.07, 6.45) is 0. The number of hydrogen-bond donors (Lipinski definition) is 0. The smallest absolute Gasteiger partial charge is 0.331 e. The molecule has 2 aliphatic heterocycles. The lowest BCUT2D eigenvalue weighted by molar-refractivity contribution is -0.145. The first-order valence-corrected chi connectivity index (χ1v) is 10.6. The molecule has 0 radical (unpaired) electrons. The van der Waals surface area contributed by atoms with Crippen molar-refractivity contribution in [2.24, 2.45) is 5.16 Å². The Morgan fingerprint density at radius 3 is 2.00 bits per heavy atom. The standard InChI is InChI=1S/C22H21NO5S/c1-4-27-21(25)22(13(2)23-28-14(3)24)19-15-9-5-7-11-17(15)20(29(22)26)18-12-8-6-10-16(18)19/h5-12,19-20H,4H2,1-3H3/b23-13+. The van der Waals surface area contributed by atoms with Gasteiger partial charge in [0, 0.05) is 12.8 Å². The third-order valence-corrected chi connectivity index (χ3v) is 7.81. The minimum atomic E-state index is -1.72. The van der Waals surface area contributed by atoms with Crippen molar-refractivity contribution >= 4 is 28.4 Å². The number of esters is 1. The number of fused-ring (bicyclic) bond motifs is 1. The zero-order valence-corrected chi connectivity index (χ0v) is 17.2. The molecule has 2 heterocycles. The fourth-order valence-corrected chi connectivity index (χ4v) is 6.77. The summed E-state index contributed by atoms with van der Waals surface area (Å²) in [6, 6.07) is 15.4. The number of rotatable bonds is 4. The summed E-state index contributed by atoms with van der Waals surface area (Å²) in [5.74, 6) is -1.79. The summed E-state index contributed by atoms with van der Waals surface area (Å²) in [5.41, 5.74) is 3.88. The van der Waals surface area contributed by atoms with Gasteiger partial charge >= 0.3 is 11.9 Å². The summed E-state index contributed by atoms with van der Waals surface area (Å²) in [7, 11) is -1.72. The van der Waals surface area contributed by atoms with Crippen molar-refractivity contribution in [3.05, 3.63) is 70.8 Å². The minimum Gasteiger partial charge on any atom is -0.465 e. The van der Waals surface area contributed by atoms with Gasteiger partial charge in [-0.2, -0.15) is 0 Å². The molecule has 150 valence electrons. The van der Waals surface area contributed by atoms with Crippen LogP contribution in [0, 0.1) is 0 Å². The van der Waals surface area contributed by atoms with Crippen molar-refractivity contribution in [3.8, 4) is 0 Å². The van der Waals surface area contributed by atoms with E-state index in [-0.39, 0.29) is 12.3 Å². The molecule has 2 aromatic rings. The predicted octanol–water partition coefficient (Wildman–Crippen LogP) is 3.22. The Labute approximate surface area is 171 Å². The van der Waals surface area contributed by atoms with E-state index < -0.39 is 38.7 Å². The van der Waals surface area contributed by atoms with E-state index in [4.69, 9.17) is 9.57 Å². The third-order valence-electron chi connectivity index (χ3n) is 5.54. The maximum absolute atomic E-state index is 14.0. The normalized spacial score (nSPS) is 27.0. The molecular weight excluding hydrogens is 390 g/mol. The van der Waals surface area contributed by atoms with Crippen molar-refractivity contribution in [1.82, 2.24) is 0 Å². The number of benzene rings is 2. The largest absolute Gasteiger partial charge is 0.465 e. The Morgan fingerprint density at radius 1 is 1.00 bits per heavy atom. The fourth-order valence-electron chi connectivity index (χ4n) is 4.47. The monoisotopic (exact) mass is 411 g/mol. The van der Waals surface area contributed by atoms with Gasteiger partial charge in [-0.3, -0.25) is 4.21 Å². The summed E-state index contributed by atoms with van der Waals surface area (Å²) in [4.78, 5) is 29.6. The van der Waals surface area contributed by atoms with Gasteiger partial charge in [0.2, 0.25) is 0 Å². The molecule has 0 spiro atoms. The molecule has 0 amide bonds. The number of ether oxygens (including phenoxy) is 1. The molecule has 29 heavy (non-hydrogen) atoms. The van der Waals surface area contributed by atoms with Gasteiger partial charge in [0.05, 0.1) is 28.4 Å². The Morgan fingerprint density at radius 2 is 1.52 bits per heavy atom. The van der Waals surface area contributed by atoms with Crippen LogP contribution in [0.5, 0.6) is 0 Å². The van der Waals surface area contributed by atoms with Crippen LogP contribution in [0.4, 0.5) is 0 Å². The highest BCUT2D eigenvalue weighted by Gasteiger charge is 2.65. The zero-order valence-electron chi connectivity index (χ0n) is 16.4. The molecule has 1 aliphatic carbocycles. The van der Waals surface area contributed by atoms with Gasteiger partial charge in [-0.15, -0.1) is 0 Å². The number of hydrogen-bond acceptors (Lipinski definition) is 6. The minimum absolute atomic E-state index is 0.138. The topological polar surface area (TPSA) is 82.0 Å². The second-order valence-corrected chi connectivity index (χ2v) is 8.79. The van der Waals surface area contributed by atoms with Crippen molar-refractivity contribution in [2.45, 2.75) is 36.7 Å². The van der Waals surface area contributed by atoms with Crippen molar-refractivity contribution in [2.75, 3.05) is 6.61 Å². The summed E-state index contributed by atoms with van der Waals surface area (Å²) >= 11 is 0. The van der Waals surface area contributed by atoms with Crippen LogP contribution in [-0.2, 0) is 30.0 Å². The molecule has 7 heteroatoms. The lowest BCUT2D eigenvalue weighted by Gasteiger charge is -2.50. The van der Waals surface area contributed by atoms with E-state index in [0.717, 1.165) is 22.3 Å². The van der Waals surface area contributed by atoms with Gasteiger partial charge in [0.1, 0.15) is 0 Å². The highest BCUT2D eigenvalue weighted by Crippen LogP contribution is 2.59. The SMILES string of the molecule is CCOC(=O)C1(/C(C)=N/OC(C)=O)C2c3ccccc3C(c3ccccc32)S1=O. The molecule has 0 N–H and O–H groups in total. The molecule has 2 bridgehead atoms. The first-order valence-electron chi connectivity index (χ1n) is 9.42. The molecule has 3 aliphatic rings. The van der Waals surface area contributed by atoms with E-state index >= 15 is 0 Å². The van der Waals surface area contributed by atoms with Gasteiger partial charge in [0.25, 0.3) is 0 Å². The average Bonchev–Trinajstić information content (AvgIpc) is 2.72. The van der Waals surface area contributed by atoms with Crippen LogP contribution in [-0.4, -0.2) is 33.2 Å². The van der Waals surface area contributed by atoms with Crippen LogP contribution in [0.1, 0.15) is 54.2 Å². The van der Waals surface area contributed by atoms with E-state index in [1.165, 1.54) is 6.92 Å². The first kappa shape index (κ1) is 19.5. The molecule has 0 aromatic heterocycles. The predicted molar refractivity (Wildman–Crippen MR) is 109 cm³/mol. The zero-order chi connectivity index (χ0) is 20.8. The van der Waals surface area contributed by atoms with Gasteiger partial charge in [-0.05, 0) is 36.1 Å². The number of nitrogens with zero attached hydrogens (tertiary/aromatic N) is 1. The van der Waals surface area contributed by atoms with Crippen LogP contribution in [0.2, 0.25) is 0 Å². The highest BCUT2D eigenvalue weighted by atomic mass is 32.2. The van der Waals surface area contributed by atoms with Gasteiger partial charge in [0.15, 0.2) is 4.75 Å². The van der Waals surface area contributed by atoms with Gasteiger partial charge in [-0.1, -0.05) is 53.7 Å². The maximum atomic E-state index is 14.0. The molecule has 0 saturated heterocycles. The molecule has 6 nitrogen and oxygen atoms in total. The van der Waals surface area contributed by atoms with E-state index in [1.54, 1.807) is 13.8 Å². The van der Waals surface area contributed by atoms with E-state index in [9.17, 15) is 13.8 Å². The summed E-state index contributed by atoms with van der Waals surface area (Å²) < 4.78 is 17.9. The Hall–Kier alpha value is -2.80. The van der Waals surface area contributed by atoms with Crippen molar-refractivity contribution in [1.29, 1.82) is 0 Å². The van der Waals surface area contributed by atoms with Crippen LogP contribution >= 0.6 is 0 Å². The summed E-state index contributed by atoms with van der Waals surface area (Å²) in [6.45, 7) is 4.64. The second kappa shape index (κ2) is 7.22. The first-order chi connectivity index (χ1) is 13.9. The van der Waals surface area contributed by atoms with E-state index in [2.05, 4.69) is 5.16 Å². The van der Waals surface area contributed by atoms with Crippen LogP contribution in [0.3, 0.4) is 0 Å². The lowest BCUT2D eigenvalue weighted by atomic mass is 9.69.